The molecule has 2 aromatic carbocycles. The van der Waals surface area contributed by atoms with E-state index in [0.717, 1.165) is 25.8 Å². The monoisotopic (exact) mass is 715 g/mol. The minimum atomic E-state index is -2.27. The molecule has 11 heteroatoms. The second-order valence-corrected chi connectivity index (χ2v) is 21.4. The van der Waals surface area contributed by atoms with Crippen LogP contribution in [0.4, 0.5) is 19.0 Å². The zero-order valence-corrected chi connectivity index (χ0v) is 31.7. The van der Waals surface area contributed by atoms with Crippen molar-refractivity contribution in [2.24, 2.45) is 0 Å². The number of aromatic nitrogens is 3. The number of phenols is 1. The summed E-state index contributed by atoms with van der Waals surface area (Å²) >= 11 is 0. The summed E-state index contributed by atoms with van der Waals surface area (Å²) in [5, 5.41) is 12.3. The van der Waals surface area contributed by atoms with Crippen molar-refractivity contribution in [1.29, 1.82) is 0 Å². The Morgan fingerprint density at radius 3 is 2.47 bits per heavy atom. The van der Waals surface area contributed by atoms with Gasteiger partial charge in [-0.3, -0.25) is 4.90 Å². The molecule has 3 aliphatic rings. The molecule has 270 valence electrons. The highest BCUT2D eigenvalue weighted by Crippen LogP contribution is 2.44. The van der Waals surface area contributed by atoms with Crippen molar-refractivity contribution in [3.8, 4) is 34.5 Å². The molecule has 7 nitrogen and oxygen atoms in total. The van der Waals surface area contributed by atoms with E-state index in [1.165, 1.54) is 12.1 Å². The molecule has 3 aliphatic heterocycles. The lowest BCUT2D eigenvalue weighted by Gasteiger charge is -2.40. The molecule has 0 radical (unpaired) electrons. The van der Waals surface area contributed by atoms with Gasteiger partial charge in [0, 0.05) is 42.7 Å². The zero-order chi connectivity index (χ0) is 36.4. The number of aromatic hydroxyl groups is 1. The van der Waals surface area contributed by atoms with Crippen molar-refractivity contribution in [3.63, 3.8) is 0 Å². The van der Waals surface area contributed by atoms with Crippen molar-refractivity contribution < 1.29 is 23.0 Å². The summed E-state index contributed by atoms with van der Waals surface area (Å²) in [6.07, 6.45) is 3.76. The summed E-state index contributed by atoms with van der Waals surface area (Å²) in [7, 11) is -2.27. The molecule has 3 fully saturated rings. The van der Waals surface area contributed by atoms with Gasteiger partial charge in [-0.1, -0.05) is 53.5 Å². The lowest BCUT2D eigenvalue weighted by molar-refractivity contribution is 0.107. The Balaban J connectivity index is 1.41. The Kier molecular flexibility index (Phi) is 9.24. The molecule has 3 saturated heterocycles. The molecule has 3 atom stereocenters. The molecule has 0 unspecified atom stereocenters. The first-order valence-corrected chi connectivity index (χ1v) is 20.6. The first-order chi connectivity index (χ1) is 24.3. The van der Waals surface area contributed by atoms with Crippen LogP contribution >= 0.6 is 0 Å². The average molecular weight is 716 g/mol. The van der Waals surface area contributed by atoms with Crippen molar-refractivity contribution >= 4 is 35.6 Å². The summed E-state index contributed by atoms with van der Waals surface area (Å²) in [5.41, 5.74) is 4.54. The van der Waals surface area contributed by atoms with Gasteiger partial charge in [0.05, 0.1) is 16.5 Å². The smallest absolute Gasteiger partial charge is 0.317 e. The molecular weight excluding hydrogens is 668 g/mol. The molecule has 4 aromatic rings. The summed E-state index contributed by atoms with van der Waals surface area (Å²) in [4.78, 5) is 18.2. The van der Waals surface area contributed by atoms with E-state index in [2.05, 4.69) is 79.7 Å². The zero-order valence-electron chi connectivity index (χ0n) is 30.7. The largest absolute Gasteiger partial charge is 0.508 e. The molecular formula is C40H48F3N5O2Si. The van der Waals surface area contributed by atoms with E-state index in [-0.39, 0.29) is 46.7 Å². The Hall–Kier alpha value is -3.88. The predicted octanol–water partition coefficient (Wildman–Crippen LogP) is 8.95. The molecule has 7 rings (SSSR count). The standard InChI is InChI=1S/C40H48F3N5O2Si/c1-23(2)51(24(3)4,25(5)6)16-12-30-33(42)10-9-27-17-29(49)18-31(34(27)30)36-35(43)37-32(38(45-36)48-15-11-26(48)7)20-44-39(46-37)50-22-40-13-8-14-47(40)21-28(41)19-40/h9-10,17-18,20,23-26,28,49H,8,11,13-15,19,21-22H2,1-7H3/t26-,28+,40-/m0/s1. The quantitative estimate of drug-likeness (QED) is 0.144. The van der Waals surface area contributed by atoms with E-state index in [9.17, 15) is 9.50 Å². The number of rotatable bonds is 8. The van der Waals surface area contributed by atoms with Crippen LogP contribution in [0.1, 0.15) is 79.7 Å². The number of nitrogens with zero attached hydrogens (tertiary/aromatic N) is 5. The van der Waals surface area contributed by atoms with Gasteiger partial charge in [0.15, 0.2) is 5.82 Å². The van der Waals surface area contributed by atoms with Gasteiger partial charge in [-0.15, -0.1) is 5.54 Å². The molecule has 0 saturated carbocycles. The molecule has 0 spiro atoms. The van der Waals surface area contributed by atoms with E-state index < -0.39 is 31.4 Å². The number of phenolic OH excluding ortho intramolecular Hbond substituents is 1. The van der Waals surface area contributed by atoms with Crippen LogP contribution in [-0.4, -0.2) is 77.0 Å². The topological polar surface area (TPSA) is 74.6 Å². The molecule has 0 bridgehead atoms. The first-order valence-electron chi connectivity index (χ1n) is 18.4. The van der Waals surface area contributed by atoms with Crippen molar-refractivity contribution in [2.45, 2.75) is 109 Å². The van der Waals surface area contributed by atoms with Crippen LogP contribution in [0, 0.1) is 23.1 Å². The first kappa shape index (κ1) is 35.5. The minimum absolute atomic E-state index is 0.000382. The average Bonchev–Trinajstić information content (AvgIpc) is 3.60. The van der Waals surface area contributed by atoms with Crippen molar-refractivity contribution in [1.82, 2.24) is 19.9 Å². The number of alkyl halides is 1. The number of benzene rings is 2. The summed E-state index contributed by atoms with van der Waals surface area (Å²) < 4.78 is 53.7. The van der Waals surface area contributed by atoms with Crippen LogP contribution < -0.4 is 9.64 Å². The fourth-order valence-electron chi connectivity index (χ4n) is 9.31. The van der Waals surface area contributed by atoms with Gasteiger partial charge in [0.25, 0.3) is 0 Å². The van der Waals surface area contributed by atoms with Crippen molar-refractivity contribution in [2.75, 3.05) is 31.1 Å². The van der Waals surface area contributed by atoms with Gasteiger partial charge in [0.2, 0.25) is 0 Å². The third-order valence-electron chi connectivity index (χ3n) is 12.0. The van der Waals surface area contributed by atoms with E-state index >= 15 is 8.78 Å². The lowest BCUT2D eigenvalue weighted by Crippen LogP contribution is -2.46. The minimum Gasteiger partial charge on any atom is -0.508 e. The van der Waals surface area contributed by atoms with Crippen LogP contribution in [0.3, 0.4) is 0 Å². The maximum Gasteiger partial charge on any atom is 0.317 e. The van der Waals surface area contributed by atoms with Crippen molar-refractivity contribution in [3.05, 3.63) is 47.7 Å². The SMILES string of the molecule is CC(C)[Si](C#Cc1c(F)ccc2cc(O)cc(-c3nc(N4CC[C@@H]4C)c4cnc(OC[C@@]56CCCN5C[C@H](F)C6)nc4c3F)c12)(C(C)C)C(C)C. The van der Waals surface area contributed by atoms with Crippen LogP contribution in [-0.2, 0) is 0 Å². The number of pyridine rings is 1. The summed E-state index contributed by atoms with van der Waals surface area (Å²) in [5.74, 6) is 2.45. The van der Waals surface area contributed by atoms with Crippen LogP contribution in [0.25, 0.3) is 32.9 Å². The predicted molar refractivity (Wildman–Crippen MR) is 200 cm³/mol. The number of anilines is 1. The molecule has 51 heavy (non-hydrogen) atoms. The van der Waals surface area contributed by atoms with Crippen LogP contribution in [0.2, 0.25) is 16.6 Å². The number of fused-ring (bicyclic) bond motifs is 3. The molecule has 2 aromatic heterocycles. The summed E-state index contributed by atoms with van der Waals surface area (Å²) in [6.45, 7) is 17.4. The van der Waals surface area contributed by atoms with E-state index in [1.54, 1.807) is 18.3 Å². The second-order valence-electron chi connectivity index (χ2n) is 15.9. The molecule has 0 amide bonds. The van der Waals surface area contributed by atoms with Gasteiger partial charge in [-0.05, 0) is 72.9 Å². The Bertz CT molecular complexity index is 2040. The van der Waals surface area contributed by atoms with Crippen LogP contribution in [0.5, 0.6) is 11.8 Å². The molecule has 1 N–H and O–H groups in total. The van der Waals surface area contributed by atoms with Gasteiger partial charge in [-0.2, -0.15) is 4.98 Å². The van der Waals surface area contributed by atoms with Crippen LogP contribution in [0.15, 0.2) is 30.5 Å². The Morgan fingerprint density at radius 2 is 1.80 bits per heavy atom. The number of hydrogen-bond acceptors (Lipinski definition) is 7. The Labute approximate surface area is 299 Å². The number of hydrogen-bond donors (Lipinski definition) is 1. The van der Waals surface area contributed by atoms with Gasteiger partial charge >= 0.3 is 6.01 Å². The van der Waals surface area contributed by atoms with Gasteiger partial charge in [-0.25, -0.2) is 23.1 Å². The second kappa shape index (κ2) is 13.3. The Morgan fingerprint density at radius 1 is 1.06 bits per heavy atom. The number of ether oxygens (including phenoxy) is 1. The van der Waals surface area contributed by atoms with Gasteiger partial charge < -0.3 is 14.7 Å². The highest BCUT2D eigenvalue weighted by atomic mass is 28.3. The normalized spacial score (nSPS) is 22.3. The fourth-order valence-corrected chi connectivity index (χ4v) is 14.5. The van der Waals surface area contributed by atoms with Gasteiger partial charge in [0.1, 0.15) is 49.4 Å². The highest BCUT2D eigenvalue weighted by molar-refractivity contribution is 6.90. The van der Waals surface area contributed by atoms with E-state index in [4.69, 9.17) is 9.72 Å². The fraction of sp³-hybridized carbons (Fsp3) is 0.525. The molecule has 5 heterocycles. The lowest BCUT2D eigenvalue weighted by atomic mass is 9.95. The maximum absolute atomic E-state index is 17.1. The highest BCUT2D eigenvalue weighted by Gasteiger charge is 2.49. The number of halogens is 3. The van der Waals surface area contributed by atoms with E-state index in [1.807, 2.05) is 0 Å². The van der Waals surface area contributed by atoms with E-state index in [0.29, 0.717) is 58.1 Å². The molecule has 0 aliphatic carbocycles. The third kappa shape index (κ3) is 5.92. The third-order valence-corrected chi connectivity index (χ3v) is 18.3. The summed E-state index contributed by atoms with van der Waals surface area (Å²) in [6, 6.07) is 6.07. The maximum atomic E-state index is 17.1.